The average molecular weight is 663 g/mol. The Labute approximate surface area is 277 Å². The first-order valence-electron chi connectivity index (χ1n) is 15.7. The lowest BCUT2D eigenvalue weighted by molar-refractivity contribution is -0.123. The van der Waals surface area contributed by atoms with Crippen molar-refractivity contribution in [3.63, 3.8) is 0 Å². The van der Waals surface area contributed by atoms with E-state index in [1.165, 1.54) is 13.3 Å². The zero-order valence-corrected chi connectivity index (χ0v) is 27.6. The highest BCUT2D eigenvalue weighted by Gasteiger charge is 2.46. The second kappa shape index (κ2) is 12.3. The minimum absolute atomic E-state index is 0.0265. The molecule has 3 heterocycles. The molecule has 2 saturated carbocycles. The number of fused-ring (bicyclic) bond motifs is 1. The molecule has 248 valence electrons. The zero-order valence-electron chi connectivity index (χ0n) is 26.8. The molecule has 3 aliphatic rings. The van der Waals surface area contributed by atoms with E-state index in [0.717, 1.165) is 25.7 Å². The second-order valence-corrected chi connectivity index (χ2v) is 13.3. The first kappa shape index (κ1) is 32.5. The molecule has 2 fully saturated rings. The van der Waals surface area contributed by atoms with Gasteiger partial charge in [-0.15, -0.1) is 0 Å². The minimum Gasteiger partial charge on any atom is -0.489 e. The molecular formula is C34H39ClN6O6. The number of carbonyl (C=O) groups is 2. The summed E-state index contributed by atoms with van der Waals surface area (Å²) in [5.74, 6) is -0.593. The number of nitrogens with two attached hydrogens (primary N) is 2. The van der Waals surface area contributed by atoms with Crippen molar-refractivity contribution in [3.8, 4) is 28.6 Å². The number of aromatic nitrogens is 2. The fourth-order valence-electron chi connectivity index (χ4n) is 5.41. The van der Waals surface area contributed by atoms with Gasteiger partial charge in [0.2, 0.25) is 11.8 Å². The van der Waals surface area contributed by atoms with Crippen LogP contribution in [0, 0.1) is 5.92 Å². The molecule has 0 bridgehead atoms. The summed E-state index contributed by atoms with van der Waals surface area (Å²) in [6.45, 7) is 5.05. The summed E-state index contributed by atoms with van der Waals surface area (Å²) in [4.78, 5) is 40.0. The molecule has 0 saturated heterocycles. The summed E-state index contributed by atoms with van der Waals surface area (Å²) >= 11 is 6.67. The maximum Gasteiger partial charge on any atom is 0.251 e. The molecule has 13 heteroatoms. The summed E-state index contributed by atoms with van der Waals surface area (Å²) in [6.07, 6.45) is 7.18. The molecule has 3 aromatic rings. The fraction of sp³-hybridized carbons (Fsp3) is 0.441. The van der Waals surface area contributed by atoms with Crippen LogP contribution in [0.15, 0.2) is 35.5 Å². The van der Waals surface area contributed by atoms with E-state index in [1.807, 2.05) is 13.8 Å². The summed E-state index contributed by atoms with van der Waals surface area (Å²) < 4.78 is 17.4. The molecule has 47 heavy (non-hydrogen) atoms. The molecule has 0 spiro atoms. The van der Waals surface area contributed by atoms with Crippen LogP contribution in [0.3, 0.4) is 0 Å². The lowest BCUT2D eigenvalue weighted by Gasteiger charge is -2.33. The smallest absolute Gasteiger partial charge is 0.251 e. The van der Waals surface area contributed by atoms with Crippen LogP contribution in [0.25, 0.3) is 11.3 Å². The summed E-state index contributed by atoms with van der Waals surface area (Å²) in [6, 6.07) is 6.82. The summed E-state index contributed by atoms with van der Waals surface area (Å²) in [5.41, 5.74) is 12.0. The Kier molecular flexibility index (Phi) is 8.52. The number of pyridine rings is 2. The third-order valence-electron chi connectivity index (χ3n) is 9.06. The van der Waals surface area contributed by atoms with Crippen molar-refractivity contribution >= 4 is 35.3 Å². The van der Waals surface area contributed by atoms with E-state index in [2.05, 4.69) is 15.3 Å². The molecule has 2 aromatic heterocycles. The molecule has 0 unspecified atom stereocenters. The standard InChI is InChI=1S/C34H39ClN6O6/c1-17(2)34(44,15-40-30(42)18-11-19(14-39-20-5-6-20)27(36)24(12-18)47-21-7-8-21)25-13-23-29(46-16-33(23,3)32(37)43)28(41-25)22-9-10-38-31(45-4)26(22)35/h9-14,17,20-21,44H,5-8,15-16,36H2,1-4H3,(H2,37,43)(H,40,42)/t33-,34+/m0/s1. The van der Waals surface area contributed by atoms with Gasteiger partial charge in [-0.1, -0.05) is 25.4 Å². The normalized spacial score (nSPS) is 20.1. The summed E-state index contributed by atoms with van der Waals surface area (Å²) in [7, 11) is 1.44. The van der Waals surface area contributed by atoms with Crippen LogP contribution in [0.4, 0.5) is 5.69 Å². The van der Waals surface area contributed by atoms with Gasteiger partial charge in [-0.3, -0.25) is 14.6 Å². The second-order valence-electron chi connectivity index (χ2n) is 13.0. The number of primary amides is 1. The van der Waals surface area contributed by atoms with Crippen LogP contribution in [0.1, 0.15) is 73.6 Å². The molecule has 6 N–H and O–H groups in total. The lowest BCUT2D eigenvalue weighted by atomic mass is 9.80. The first-order chi connectivity index (χ1) is 22.4. The van der Waals surface area contributed by atoms with Gasteiger partial charge in [0.15, 0.2) is 0 Å². The largest absolute Gasteiger partial charge is 0.489 e. The van der Waals surface area contributed by atoms with Crippen LogP contribution >= 0.6 is 11.6 Å². The third kappa shape index (κ3) is 6.19. The number of hydrogen-bond donors (Lipinski definition) is 4. The average Bonchev–Trinajstić information content (AvgIpc) is 3.99. The number of anilines is 1. The highest BCUT2D eigenvalue weighted by Crippen LogP contribution is 2.48. The molecular weight excluding hydrogens is 624 g/mol. The van der Waals surface area contributed by atoms with Crippen molar-refractivity contribution in [2.24, 2.45) is 16.6 Å². The number of hydrogen-bond acceptors (Lipinski definition) is 10. The van der Waals surface area contributed by atoms with Crippen molar-refractivity contribution in [3.05, 3.63) is 57.9 Å². The van der Waals surface area contributed by atoms with Gasteiger partial charge < -0.3 is 36.1 Å². The van der Waals surface area contributed by atoms with E-state index in [1.54, 1.807) is 37.4 Å². The number of carbonyl (C=O) groups excluding carboxylic acids is 2. The van der Waals surface area contributed by atoms with Gasteiger partial charge in [0, 0.05) is 34.7 Å². The Balaban J connectivity index is 1.38. The Hall–Kier alpha value is -4.42. The number of nitrogens with one attached hydrogen (secondary N) is 1. The van der Waals surface area contributed by atoms with Gasteiger partial charge in [-0.05, 0) is 62.8 Å². The topological polar surface area (TPSA) is 184 Å². The Bertz CT molecular complexity index is 1770. The maximum atomic E-state index is 13.7. The zero-order chi connectivity index (χ0) is 33.7. The van der Waals surface area contributed by atoms with Gasteiger partial charge in [0.1, 0.15) is 39.8 Å². The van der Waals surface area contributed by atoms with E-state index >= 15 is 0 Å². The number of benzene rings is 1. The Morgan fingerprint density at radius 1 is 1.28 bits per heavy atom. The predicted molar refractivity (Wildman–Crippen MR) is 177 cm³/mol. The van der Waals surface area contributed by atoms with Crippen molar-refractivity contribution in [1.29, 1.82) is 0 Å². The lowest BCUT2D eigenvalue weighted by Crippen LogP contribution is -2.45. The predicted octanol–water partition coefficient (Wildman–Crippen LogP) is 3.92. The first-order valence-corrected chi connectivity index (χ1v) is 16.0. The van der Waals surface area contributed by atoms with Crippen LogP contribution in [0.5, 0.6) is 17.4 Å². The van der Waals surface area contributed by atoms with Crippen LogP contribution in [-0.4, -0.2) is 65.5 Å². The van der Waals surface area contributed by atoms with E-state index in [0.29, 0.717) is 39.4 Å². The highest BCUT2D eigenvalue weighted by molar-refractivity contribution is 6.34. The number of aliphatic imine (C=N–C) groups is 1. The molecule has 6 rings (SSSR count). The number of halogens is 1. The molecule has 12 nitrogen and oxygen atoms in total. The fourth-order valence-corrected chi connectivity index (χ4v) is 5.69. The molecule has 1 aromatic carbocycles. The number of amides is 2. The van der Waals surface area contributed by atoms with Crippen molar-refractivity contribution < 1.29 is 28.9 Å². The van der Waals surface area contributed by atoms with Gasteiger partial charge in [-0.2, -0.15) is 0 Å². The highest BCUT2D eigenvalue weighted by atomic mass is 35.5. The van der Waals surface area contributed by atoms with E-state index in [9.17, 15) is 14.7 Å². The monoisotopic (exact) mass is 662 g/mol. The number of methoxy groups -OCH3 is 1. The van der Waals surface area contributed by atoms with Crippen molar-refractivity contribution in [1.82, 2.24) is 15.3 Å². The van der Waals surface area contributed by atoms with Gasteiger partial charge in [0.25, 0.3) is 5.91 Å². The molecule has 2 amide bonds. The molecule has 1 aliphatic heterocycles. The number of nitrogens with zero attached hydrogens (tertiary/aromatic N) is 3. The molecule has 2 aliphatic carbocycles. The number of rotatable bonds is 12. The Morgan fingerprint density at radius 2 is 2.02 bits per heavy atom. The number of aliphatic hydroxyl groups is 1. The van der Waals surface area contributed by atoms with Crippen molar-refractivity contribution in [2.45, 2.75) is 69.6 Å². The quantitative estimate of drug-likeness (QED) is 0.165. The summed E-state index contributed by atoms with van der Waals surface area (Å²) in [5, 5.41) is 15.4. The van der Waals surface area contributed by atoms with Gasteiger partial charge in [-0.25, -0.2) is 9.97 Å². The van der Waals surface area contributed by atoms with Gasteiger partial charge in [0.05, 0.1) is 37.2 Å². The van der Waals surface area contributed by atoms with E-state index < -0.39 is 28.7 Å². The van der Waals surface area contributed by atoms with Crippen LogP contribution in [0.2, 0.25) is 5.02 Å². The Morgan fingerprint density at radius 3 is 2.66 bits per heavy atom. The maximum absolute atomic E-state index is 13.7. The van der Waals surface area contributed by atoms with E-state index in [4.69, 9.17) is 42.3 Å². The SMILES string of the molecule is COc1nccc(-c2nc([C@@](O)(CNC(=O)c3cc(C=NC4CC4)c(N)c(OC4CC4)c3)C(C)C)cc3c2OC[C@]3(C)C(N)=O)c1Cl. The minimum atomic E-state index is -1.71. The van der Waals surface area contributed by atoms with Crippen molar-refractivity contribution in [2.75, 3.05) is 26.0 Å². The molecule has 0 radical (unpaired) electrons. The molecule has 2 atom stereocenters. The van der Waals surface area contributed by atoms with E-state index in [-0.39, 0.29) is 47.6 Å². The van der Waals surface area contributed by atoms with Crippen LogP contribution < -0.4 is 31.0 Å². The number of nitrogen functional groups attached to an aromatic ring is 1. The van der Waals surface area contributed by atoms with Crippen LogP contribution in [-0.2, 0) is 15.8 Å². The third-order valence-corrected chi connectivity index (χ3v) is 9.43. The van der Waals surface area contributed by atoms with Gasteiger partial charge >= 0.3 is 0 Å². The number of ether oxygens (including phenoxy) is 3.